The van der Waals surface area contributed by atoms with E-state index in [0.29, 0.717) is 25.4 Å². The van der Waals surface area contributed by atoms with Crippen molar-refractivity contribution in [2.75, 3.05) is 19.8 Å². The molecule has 6 N–H and O–H groups in total. The molecule has 0 saturated heterocycles. The number of aldehydes is 1. The van der Waals surface area contributed by atoms with Crippen LogP contribution < -0.4 is 17.2 Å². The van der Waals surface area contributed by atoms with Gasteiger partial charge in [0, 0.05) is 131 Å². The summed E-state index contributed by atoms with van der Waals surface area (Å²) in [6.07, 6.45) is 5.96. The zero-order valence-electron chi connectivity index (χ0n) is 39.0. The van der Waals surface area contributed by atoms with Crippen LogP contribution in [0.5, 0.6) is 0 Å². The molecule has 63 heavy (non-hydrogen) atoms. The van der Waals surface area contributed by atoms with Crippen molar-refractivity contribution in [2.24, 2.45) is 17.2 Å². The standard InChI is InChI=1S/3C12H16NO2.C8H7O.C3H6.C2H6.4Y/c3*1-3-15-12(14)8-11(13)10-6-4-5-9(2)7-10;1-7-3-2-4-8(5-7)6-9;1-2-3-1;1-2;;;;/h3*5-7,11H,3,8,13H2,1-2H3;3-6H,1H3;1-3H2;1-2H3;;;;/q4*-1;;;;;;/t2*11-;;;;;;;;/m10......../s1. The zero-order valence-corrected chi connectivity index (χ0v) is 50.4. The van der Waals surface area contributed by atoms with Crippen molar-refractivity contribution in [1.82, 2.24) is 0 Å². The van der Waals surface area contributed by atoms with E-state index in [1.165, 1.54) is 19.3 Å². The summed E-state index contributed by atoms with van der Waals surface area (Å²) in [5.41, 5.74) is 25.4. The Hall–Kier alpha value is -0.744. The number of hydrogen-bond acceptors (Lipinski definition) is 10. The normalized spacial score (nSPS) is 11.2. The SMILES string of the molecule is C1CC1.CC.CCOC(=O)CC(N)c1c[c-]cc(C)c1.CCOC(=O)C[C@@H](N)c1c[c-]cc(C)c1.CCOC(=O)C[C@H](N)c1c[c-]cc(C)c1.Cc1c[c-]cc(C=O)c1.[Y].[Y].[Y].[Y]. The van der Waals surface area contributed by atoms with Gasteiger partial charge in [-0.3, -0.25) is 14.4 Å². The molecule has 0 aliphatic heterocycles. The molecule has 0 bridgehead atoms. The van der Waals surface area contributed by atoms with Crippen LogP contribution >= 0.6 is 0 Å². The number of benzene rings is 4. The molecule has 5 rings (SSSR count). The third-order valence-corrected chi connectivity index (χ3v) is 7.67. The first-order valence-electron chi connectivity index (χ1n) is 20.3. The Labute approximate surface area is 479 Å². The summed E-state index contributed by atoms with van der Waals surface area (Å²) in [6, 6.07) is 33.1. The number of carbonyl (C=O) groups is 4. The van der Waals surface area contributed by atoms with Gasteiger partial charge in [0.1, 0.15) is 0 Å². The summed E-state index contributed by atoms with van der Waals surface area (Å²) in [7, 11) is 0. The van der Waals surface area contributed by atoms with E-state index >= 15 is 0 Å². The van der Waals surface area contributed by atoms with E-state index < -0.39 is 0 Å². The number of ether oxygens (including phenoxy) is 3. The monoisotopic (exact) mass is 1170 g/mol. The van der Waals surface area contributed by atoms with Gasteiger partial charge >= 0.3 is 17.9 Å². The van der Waals surface area contributed by atoms with Crippen LogP contribution in [0.1, 0.15) is 141 Å². The van der Waals surface area contributed by atoms with E-state index in [-0.39, 0.29) is 186 Å². The van der Waals surface area contributed by atoms with Gasteiger partial charge in [0.2, 0.25) is 0 Å². The smallest absolute Gasteiger partial charge is 0.306 e. The van der Waals surface area contributed by atoms with E-state index in [1.807, 2.05) is 90.1 Å². The van der Waals surface area contributed by atoms with Crippen LogP contribution in [0.3, 0.4) is 0 Å². The molecule has 1 fully saturated rings. The molecule has 1 aliphatic rings. The second-order valence-corrected chi connectivity index (χ2v) is 13.4. The van der Waals surface area contributed by atoms with Gasteiger partial charge in [0.05, 0.1) is 45.4 Å². The Morgan fingerprint density at radius 3 is 0.952 bits per heavy atom. The maximum atomic E-state index is 11.2. The van der Waals surface area contributed by atoms with Crippen LogP contribution in [0.4, 0.5) is 0 Å². The second-order valence-electron chi connectivity index (χ2n) is 13.4. The molecule has 1 saturated carbocycles. The molecule has 0 spiro atoms. The van der Waals surface area contributed by atoms with Crippen LogP contribution in [0.15, 0.2) is 72.8 Å². The minimum Gasteiger partial charge on any atom is -0.466 e. The first-order valence-corrected chi connectivity index (χ1v) is 20.3. The van der Waals surface area contributed by atoms with E-state index in [1.54, 1.807) is 45.0 Å². The molecule has 0 heterocycles. The van der Waals surface area contributed by atoms with Crippen LogP contribution in [0.2, 0.25) is 0 Å². The minimum atomic E-state index is -0.305. The zero-order chi connectivity index (χ0) is 44.6. The Balaban J connectivity index is -0.000000226. The number of aryl methyl sites for hydroxylation is 4. The largest absolute Gasteiger partial charge is 0.466 e. The molecule has 1 unspecified atom stereocenters. The number of esters is 3. The minimum absolute atomic E-state index is 0. The topological polar surface area (TPSA) is 174 Å². The molecule has 4 radical (unpaired) electrons. The van der Waals surface area contributed by atoms with Gasteiger partial charge in [-0.25, -0.2) is 0 Å². The maximum absolute atomic E-state index is 11.2. The summed E-state index contributed by atoms with van der Waals surface area (Å²) in [5.74, 6) is -0.774. The van der Waals surface area contributed by atoms with Crippen molar-refractivity contribution in [3.63, 3.8) is 0 Å². The third-order valence-electron chi connectivity index (χ3n) is 7.67. The molecule has 3 atom stereocenters. The Kier molecular flexibility index (Phi) is 51.0. The molecule has 336 valence electrons. The van der Waals surface area contributed by atoms with E-state index in [0.717, 1.165) is 45.2 Å². The predicted molar refractivity (Wildman–Crippen MR) is 235 cm³/mol. The van der Waals surface area contributed by atoms with Gasteiger partial charge in [-0.15, -0.1) is 16.7 Å². The van der Waals surface area contributed by atoms with Crippen molar-refractivity contribution in [1.29, 1.82) is 0 Å². The number of nitrogens with two attached hydrogens (primary N) is 3. The molecule has 0 aromatic heterocycles. The van der Waals surface area contributed by atoms with E-state index in [4.69, 9.17) is 31.4 Å². The Bertz CT molecular complexity index is 1630. The summed E-state index contributed by atoms with van der Waals surface area (Å²) in [5, 5.41) is 0. The Morgan fingerprint density at radius 1 is 0.508 bits per heavy atom. The van der Waals surface area contributed by atoms with Gasteiger partial charge in [0.15, 0.2) is 0 Å². The quantitative estimate of drug-likeness (QED) is 0.0508. The van der Waals surface area contributed by atoms with Gasteiger partial charge in [-0.05, 0) is 38.9 Å². The molecule has 4 aromatic rings. The van der Waals surface area contributed by atoms with Gasteiger partial charge < -0.3 is 36.2 Å². The summed E-state index contributed by atoms with van der Waals surface area (Å²) in [4.78, 5) is 43.7. The summed E-state index contributed by atoms with van der Waals surface area (Å²) >= 11 is 0. The second kappa shape index (κ2) is 45.1. The van der Waals surface area contributed by atoms with Crippen molar-refractivity contribution in [2.45, 2.75) is 119 Å². The van der Waals surface area contributed by atoms with Crippen LogP contribution in [0.25, 0.3) is 0 Å². The fourth-order valence-corrected chi connectivity index (χ4v) is 4.72. The molecule has 10 nitrogen and oxygen atoms in total. The average Bonchev–Trinajstić information content (AvgIpc) is 4.10. The van der Waals surface area contributed by atoms with Crippen molar-refractivity contribution >= 4 is 24.2 Å². The number of rotatable bonds is 13. The summed E-state index contributed by atoms with van der Waals surface area (Å²) < 4.78 is 14.5. The van der Waals surface area contributed by atoms with Crippen molar-refractivity contribution < 1.29 is 164 Å². The fraction of sp³-hybridized carbons (Fsp3) is 0.429. The maximum Gasteiger partial charge on any atom is 0.306 e. The van der Waals surface area contributed by atoms with Gasteiger partial charge in [-0.1, -0.05) is 66.4 Å². The van der Waals surface area contributed by atoms with Crippen LogP contribution in [-0.2, 0) is 159 Å². The van der Waals surface area contributed by atoms with Crippen LogP contribution in [-0.4, -0.2) is 44.0 Å². The first-order chi connectivity index (χ1) is 28.2. The number of carbonyl (C=O) groups excluding carboxylic acids is 4. The molecule has 14 heteroatoms. The fourth-order valence-electron chi connectivity index (χ4n) is 4.72. The van der Waals surface area contributed by atoms with Crippen molar-refractivity contribution in [3.8, 4) is 0 Å². The predicted octanol–water partition coefficient (Wildman–Crippen LogP) is 9.04. The van der Waals surface area contributed by atoms with Gasteiger partial charge in [0.25, 0.3) is 0 Å². The molecular weight excluding hydrogens is 1100 g/mol. The first kappa shape index (κ1) is 71.3. The average molecular weight is 1170 g/mol. The molecule has 1 aliphatic carbocycles. The molecule has 4 aromatic carbocycles. The molecule has 0 amide bonds. The third kappa shape index (κ3) is 38.0. The van der Waals surface area contributed by atoms with Gasteiger partial charge in [-0.2, -0.15) is 119 Å². The summed E-state index contributed by atoms with van der Waals surface area (Å²) in [6.45, 7) is 18.4. The van der Waals surface area contributed by atoms with Crippen LogP contribution in [0, 0.1) is 52.0 Å². The van der Waals surface area contributed by atoms with E-state index in [2.05, 4.69) is 24.3 Å². The van der Waals surface area contributed by atoms with E-state index in [9.17, 15) is 19.2 Å². The molecular formula is C49H67N3O7Y4-4. The number of hydrogen-bond donors (Lipinski definition) is 3. The van der Waals surface area contributed by atoms with Crippen molar-refractivity contribution in [3.05, 3.63) is 142 Å². The Morgan fingerprint density at radius 2 is 0.762 bits per heavy atom.